The van der Waals surface area contributed by atoms with Crippen LogP contribution < -0.4 is 0 Å². The van der Waals surface area contributed by atoms with Gasteiger partial charge in [0.05, 0.1) is 12.2 Å². The van der Waals surface area contributed by atoms with Gasteiger partial charge in [0.15, 0.2) is 0 Å². The van der Waals surface area contributed by atoms with Gasteiger partial charge in [0, 0.05) is 0 Å². The fourth-order valence-corrected chi connectivity index (χ4v) is 1.82. The normalized spacial score (nSPS) is 30.1. The standard InChI is InChI=1S/C11H20O/c1-4-5-6-11-8-9(2)7-10(3)12-11/h7,10-11H,4-6,8H2,1-3H3. The van der Waals surface area contributed by atoms with Gasteiger partial charge in [-0.3, -0.25) is 0 Å². The van der Waals surface area contributed by atoms with Crippen LogP contribution in [0.5, 0.6) is 0 Å². The molecule has 1 heterocycles. The zero-order chi connectivity index (χ0) is 8.97. The maximum Gasteiger partial charge on any atom is 0.0734 e. The Labute approximate surface area is 75.8 Å². The summed E-state index contributed by atoms with van der Waals surface area (Å²) in [5.41, 5.74) is 1.50. The number of ether oxygens (including phenoxy) is 1. The maximum absolute atomic E-state index is 5.78. The van der Waals surface area contributed by atoms with E-state index >= 15 is 0 Å². The highest BCUT2D eigenvalue weighted by molar-refractivity contribution is 5.06. The van der Waals surface area contributed by atoms with Crippen molar-refractivity contribution in [2.24, 2.45) is 0 Å². The number of hydrogen-bond acceptors (Lipinski definition) is 1. The molecule has 1 nitrogen and oxygen atoms in total. The van der Waals surface area contributed by atoms with Crippen LogP contribution >= 0.6 is 0 Å². The Hall–Kier alpha value is -0.300. The molecule has 0 spiro atoms. The average Bonchev–Trinajstić information content (AvgIpc) is 1.99. The molecule has 0 saturated carbocycles. The molecule has 0 bridgehead atoms. The molecule has 1 aliphatic rings. The summed E-state index contributed by atoms with van der Waals surface area (Å²) in [6.07, 6.45) is 7.99. The highest BCUT2D eigenvalue weighted by Crippen LogP contribution is 2.21. The molecular formula is C11H20O. The topological polar surface area (TPSA) is 9.23 Å². The minimum absolute atomic E-state index is 0.334. The monoisotopic (exact) mass is 168 g/mol. The van der Waals surface area contributed by atoms with Crippen LogP contribution in [0, 0.1) is 0 Å². The lowest BCUT2D eigenvalue weighted by Crippen LogP contribution is -2.23. The van der Waals surface area contributed by atoms with E-state index in [1.54, 1.807) is 0 Å². The van der Waals surface area contributed by atoms with Crippen molar-refractivity contribution < 1.29 is 4.74 Å². The number of hydrogen-bond donors (Lipinski definition) is 0. The van der Waals surface area contributed by atoms with E-state index in [4.69, 9.17) is 4.74 Å². The van der Waals surface area contributed by atoms with Gasteiger partial charge in [-0.25, -0.2) is 0 Å². The Balaban J connectivity index is 2.34. The second-order valence-electron chi connectivity index (χ2n) is 3.82. The summed E-state index contributed by atoms with van der Waals surface area (Å²) >= 11 is 0. The van der Waals surface area contributed by atoms with Crippen LogP contribution in [0.4, 0.5) is 0 Å². The van der Waals surface area contributed by atoms with E-state index in [9.17, 15) is 0 Å². The molecule has 0 radical (unpaired) electrons. The molecule has 0 aromatic heterocycles. The average molecular weight is 168 g/mol. The van der Waals surface area contributed by atoms with Gasteiger partial charge < -0.3 is 4.74 Å². The summed E-state index contributed by atoms with van der Waals surface area (Å²) in [6.45, 7) is 6.56. The minimum Gasteiger partial charge on any atom is -0.371 e. The third kappa shape index (κ3) is 2.98. The molecule has 0 aliphatic carbocycles. The minimum atomic E-state index is 0.334. The van der Waals surface area contributed by atoms with Crippen molar-refractivity contribution in [2.75, 3.05) is 0 Å². The van der Waals surface area contributed by atoms with Gasteiger partial charge in [-0.05, 0) is 26.7 Å². The first-order chi connectivity index (χ1) is 5.72. The lowest BCUT2D eigenvalue weighted by molar-refractivity contribution is 0.00679. The van der Waals surface area contributed by atoms with Gasteiger partial charge in [-0.2, -0.15) is 0 Å². The summed E-state index contributed by atoms with van der Waals surface area (Å²) in [6, 6.07) is 0. The summed E-state index contributed by atoms with van der Waals surface area (Å²) in [4.78, 5) is 0. The molecule has 0 aromatic carbocycles. The first-order valence-corrected chi connectivity index (χ1v) is 5.05. The summed E-state index contributed by atoms with van der Waals surface area (Å²) in [5, 5.41) is 0. The second-order valence-corrected chi connectivity index (χ2v) is 3.82. The molecule has 0 aromatic rings. The van der Waals surface area contributed by atoms with Crippen LogP contribution in [0.2, 0.25) is 0 Å². The van der Waals surface area contributed by atoms with Crippen LogP contribution in [0.3, 0.4) is 0 Å². The molecule has 2 unspecified atom stereocenters. The highest BCUT2D eigenvalue weighted by atomic mass is 16.5. The smallest absolute Gasteiger partial charge is 0.0734 e. The van der Waals surface area contributed by atoms with E-state index in [0.29, 0.717) is 12.2 Å². The van der Waals surface area contributed by atoms with E-state index in [1.807, 2.05) is 0 Å². The summed E-state index contributed by atoms with van der Waals surface area (Å²) < 4.78 is 5.78. The van der Waals surface area contributed by atoms with Crippen LogP contribution in [-0.4, -0.2) is 12.2 Å². The summed E-state index contributed by atoms with van der Waals surface area (Å²) in [7, 11) is 0. The first kappa shape index (κ1) is 9.79. The number of rotatable bonds is 3. The lowest BCUT2D eigenvalue weighted by atomic mass is 10.0. The fourth-order valence-electron chi connectivity index (χ4n) is 1.82. The zero-order valence-electron chi connectivity index (χ0n) is 8.47. The van der Waals surface area contributed by atoms with Gasteiger partial charge in [-0.1, -0.05) is 31.4 Å². The summed E-state index contributed by atoms with van der Waals surface area (Å²) in [5.74, 6) is 0. The largest absolute Gasteiger partial charge is 0.371 e. The van der Waals surface area contributed by atoms with Gasteiger partial charge in [0.1, 0.15) is 0 Å². The second kappa shape index (κ2) is 4.66. The third-order valence-electron chi connectivity index (χ3n) is 2.36. The predicted molar refractivity (Wildman–Crippen MR) is 52.2 cm³/mol. The quantitative estimate of drug-likeness (QED) is 0.587. The predicted octanol–water partition coefficient (Wildman–Crippen LogP) is 3.30. The Bertz CT molecular complexity index is 160. The van der Waals surface area contributed by atoms with Crippen molar-refractivity contribution in [3.8, 4) is 0 Å². The molecule has 1 aliphatic heterocycles. The van der Waals surface area contributed by atoms with Crippen molar-refractivity contribution in [3.05, 3.63) is 11.6 Å². The Morgan fingerprint density at radius 3 is 2.92 bits per heavy atom. The Kier molecular flexibility index (Phi) is 3.80. The van der Waals surface area contributed by atoms with E-state index < -0.39 is 0 Å². The molecular weight excluding hydrogens is 148 g/mol. The number of unbranched alkanes of at least 4 members (excludes halogenated alkanes) is 1. The molecule has 1 heteroatoms. The maximum atomic E-state index is 5.78. The van der Waals surface area contributed by atoms with Crippen LogP contribution in [-0.2, 0) is 4.74 Å². The lowest BCUT2D eigenvalue weighted by Gasteiger charge is -2.26. The van der Waals surface area contributed by atoms with E-state index in [2.05, 4.69) is 26.8 Å². The van der Waals surface area contributed by atoms with Crippen LogP contribution in [0.15, 0.2) is 11.6 Å². The van der Waals surface area contributed by atoms with Gasteiger partial charge in [-0.15, -0.1) is 0 Å². The molecule has 0 N–H and O–H groups in total. The fraction of sp³-hybridized carbons (Fsp3) is 0.818. The van der Waals surface area contributed by atoms with Crippen molar-refractivity contribution in [1.82, 2.24) is 0 Å². The van der Waals surface area contributed by atoms with E-state index in [1.165, 1.54) is 24.8 Å². The van der Waals surface area contributed by atoms with E-state index in [0.717, 1.165) is 6.42 Å². The Morgan fingerprint density at radius 1 is 1.58 bits per heavy atom. The van der Waals surface area contributed by atoms with Crippen molar-refractivity contribution in [3.63, 3.8) is 0 Å². The van der Waals surface area contributed by atoms with Crippen molar-refractivity contribution in [1.29, 1.82) is 0 Å². The highest BCUT2D eigenvalue weighted by Gasteiger charge is 2.17. The van der Waals surface area contributed by atoms with Crippen LogP contribution in [0.1, 0.15) is 46.5 Å². The molecule has 2 atom stereocenters. The molecule has 0 fully saturated rings. The van der Waals surface area contributed by atoms with Crippen LogP contribution in [0.25, 0.3) is 0 Å². The SMILES string of the molecule is CCCCC1CC(C)=CC(C)O1. The molecule has 0 amide bonds. The molecule has 70 valence electrons. The van der Waals surface area contributed by atoms with Gasteiger partial charge >= 0.3 is 0 Å². The van der Waals surface area contributed by atoms with Crippen molar-refractivity contribution >= 4 is 0 Å². The molecule has 0 saturated heterocycles. The van der Waals surface area contributed by atoms with Gasteiger partial charge in [0.2, 0.25) is 0 Å². The van der Waals surface area contributed by atoms with E-state index in [-0.39, 0.29) is 0 Å². The third-order valence-corrected chi connectivity index (χ3v) is 2.36. The Morgan fingerprint density at radius 2 is 2.33 bits per heavy atom. The first-order valence-electron chi connectivity index (χ1n) is 5.05. The molecule has 1 rings (SSSR count). The molecule has 12 heavy (non-hydrogen) atoms. The zero-order valence-corrected chi connectivity index (χ0v) is 8.47. The van der Waals surface area contributed by atoms with Crippen molar-refractivity contribution in [2.45, 2.75) is 58.7 Å². The van der Waals surface area contributed by atoms with Gasteiger partial charge in [0.25, 0.3) is 0 Å².